The van der Waals surface area contributed by atoms with Gasteiger partial charge >= 0.3 is 0 Å². The Kier molecular flexibility index (Phi) is 7.17. The molecule has 1 heterocycles. The molecule has 0 aromatic heterocycles. The fraction of sp³-hybridized carbons (Fsp3) is 1.00. The second-order valence-electron chi connectivity index (χ2n) is 8.51. The van der Waals surface area contributed by atoms with Crippen LogP contribution in [-0.2, 0) is 4.74 Å². The zero-order valence-corrected chi connectivity index (χ0v) is 15.2. The van der Waals surface area contributed by atoms with Gasteiger partial charge in [0, 0.05) is 5.92 Å². The highest BCUT2D eigenvalue weighted by Gasteiger charge is 2.32. The molecule has 2 rings (SSSR count). The Labute approximate surface area is 137 Å². The summed E-state index contributed by atoms with van der Waals surface area (Å²) in [5.74, 6) is 2.93. The van der Waals surface area contributed by atoms with Gasteiger partial charge in [-0.1, -0.05) is 34.1 Å². The van der Waals surface area contributed by atoms with E-state index in [9.17, 15) is 5.11 Å². The molecule has 0 spiro atoms. The number of nitrogens with one attached hydrogen (secondary N) is 1. The number of quaternary nitrogens is 1. The Morgan fingerprint density at radius 1 is 1.14 bits per heavy atom. The SMILES string of the molecule is CC(C)[C@H]1CC[C@H](C)C[C@H]1OC[C@H](O)C[NH+]1CCC[C@H](C)C1. The predicted octanol–water partition coefficient (Wildman–Crippen LogP) is 2.14. The number of rotatable bonds is 6. The lowest BCUT2D eigenvalue weighted by atomic mass is 9.75. The van der Waals surface area contributed by atoms with E-state index in [1.54, 1.807) is 4.90 Å². The lowest BCUT2D eigenvalue weighted by Gasteiger charge is -2.37. The van der Waals surface area contributed by atoms with E-state index in [2.05, 4.69) is 27.7 Å². The average molecular weight is 313 g/mol. The minimum atomic E-state index is -0.301. The second-order valence-corrected chi connectivity index (χ2v) is 8.51. The molecule has 1 aliphatic heterocycles. The van der Waals surface area contributed by atoms with Gasteiger partial charge in [0.25, 0.3) is 0 Å². The molecule has 1 saturated heterocycles. The molecule has 0 amide bonds. The molecule has 22 heavy (non-hydrogen) atoms. The van der Waals surface area contributed by atoms with Gasteiger partial charge in [0.05, 0.1) is 25.8 Å². The lowest BCUT2D eigenvalue weighted by Crippen LogP contribution is -3.14. The fourth-order valence-corrected chi connectivity index (χ4v) is 4.52. The van der Waals surface area contributed by atoms with Crippen molar-refractivity contribution in [1.82, 2.24) is 0 Å². The van der Waals surface area contributed by atoms with Gasteiger partial charge < -0.3 is 14.7 Å². The zero-order valence-electron chi connectivity index (χ0n) is 15.2. The van der Waals surface area contributed by atoms with Crippen LogP contribution in [0.2, 0.25) is 0 Å². The number of ether oxygens (including phenoxy) is 1. The van der Waals surface area contributed by atoms with Crippen molar-refractivity contribution in [3.8, 4) is 0 Å². The first-order chi connectivity index (χ1) is 10.5. The van der Waals surface area contributed by atoms with Gasteiger partial charge in [-0.3, -0.25) is 0 Å². The summed E-state index contributed by atoms with van der Waals surface area (Å²) in [4.78, 5) is 1.56. The summed E-state index contributed by atoms with van der Waals surface area (Å²) in [5.41, 5.74) is 0. The van der Waals surface area contributed by atoms with Crippen LogP contribution in [0.4, 0.5) is 0 Å². The maximum absolute atomic E-state index is 10.4. The zero-order chi connectivity index (χ0) is 16.1. The molecule has 0 radical (unpaired) electrons. The molecule has 3 nitrogen and oxygen atoms in total. The maximum Gasteiger partial charge on any atom is 0.126 e. The predicted molar refractivity (Wildman–Crippen MR) is 91.1 cm³/mol. The molecule has 0 aromatic carbocycles. The molecule has 1 saturated carbocycles. The quantitative estimate of drug-likeness (QED) is 0.788. The van der Waals surface area contributed by atoms with Crippen LogP contribution in [0, 0.1) is 23.7 Å². The van der Waals surface area contributed by atoms with Crippen molar-refractivity contribution in [2.24, 2.45) is 23.7 Å². The molecule has 1 aliphatic carbocycles. The molecule has 6 atom stereocenters. The van der Waals surface area contributed by atoms with Gasteiger partial charge in [-0.2, -0.15) is 0 Å². The summed E-state index contributed by atoms with van der Waals surface area (Å²) < 4.78 is 6.19. The summed E-state index contributed by atoms with van der Waals surface area (Å²) in [6, 6.07) is 0. The van der Waals surface area contributed by atoms with Crippen LogP contribution in [-0.4, -0.2) is 43.6 Å². The normalized spacial score (nSPS) is 38.2. The van der Waals surface area contributed by atoms with Crippen LogP contribution in [0.25, 0.3) is 0 Å². The summed E-state index contributed by atoms with van der Waals surface area (Å²) in [7, 11) is 0. The minimum Gasteiger partial charge on any atom is -0.385 e. The third-order valence-corrected chi connectivity index (χ3v) is 5.85. The molecular formula is C19H38NO2+. The van der Waals surface area contributed by atoms with E-state index in [1.807, 2.05) is 0 Å². The van der Waals surface area contributed by atoms with Crippen LogP contribution in [0.1, 0.15) is 59.8 Å². The number of aliphatic hydroxyl groups is 1. The first kappa shape index (κ1) is 18.2. The number of aliphatic hydroxyl groups excluding tert-OH is 1. The standard InChI is InChI=1S/C19H37NO2/c1-14(2)18-8-7-15(3)10-19(18)22-13-17(21)12-20-9-5-6-16(4)11-20/h14-19,21H,5-13H2,1-4H3/p+1/t15-,16-,17+,18+,19+/m0/s1. The van der Waals surface area contributed by atoms with Crippen LogP contribution >= 0.6 is 0 Å². The lowest BCUT2D eigenvalue weighted by molar-refractivity contribution is -0.911. The largest absolute Gasteiger partial charge is 0.385 e. The molecule has 2 N–H and O–H groups in total. The third kappa shape index (κ3) is 5.50. The van der Waals surface area contributed by atoms with Gasteiger partial charge in [0.15, 0.2) is 0 Å². The Bertz CT molecular complexity index is 321. The van der Waals surface area contributed by atoms with Crippen molar-refractivity contribution in [1.29, 1.82) is 0 Å². The van der Waals surface area contributed by atoms with E-state index in [0.717, 1.165) is 18.4 Å². The minimum absolute atomic E-state index is 0.301. The van der Waals surface area contributed by atoms with E-state index in [1.165, 1.54) is 45.2 Å². The smallest absolute Gasteiger partial charge is 0.126 e. The van der Waals surface area contributed by atoms with Crippen LogP contribution < -0.4 is 4.90 Å². The van der Waals surface area contributed by atoms with Gasteiger partial charge in [-0.15, -0.1) is 0 Å². The molecule has 130 valence electrons. The Hall–Kier alpha value is -0.120. The Morgan fingerprint density at radius 3 is 2.59 bits per heavy atom. The Balaban J connectivity index is 1.75. The monoisotopic (exact) mass is 312 g/mol. The summed E-state index contributed by atoms with van der Waals surface area (Å²) in [6.45, 7) is 13.1. The summed E-state index contributed by atoms with van der Waals surface area (Å²) >= 11 is 0. The molecular weight excluding hydrogens is 274 g/mol. The van der Waals surface area contributed by atoms with Crippen LogP contribution in [0.5, 0.6) is 0 Å². The van der Waals surface area contributed by atoms with Crippen molar-refractivity contribution in [3.05, 3.63) is 0 Å². The molecule has 2 fully saturated rings. The molecule has 0 bridgehead atoms. The van der Waals surface area contributed by atoms with E-state index in [0.29, 0.717) is 24.5 Å². The van der Waals surface area contributed by atoms with Crippen molar-refractivity contribution < 1.29 is 14.7 Å². The van der Waals surface area contributed by atoms with E-state index in [4.69, 9.17) is 4.74 Å². The van der Waals surface area contributed by atoms with Crippen LogP contribution in [0.15, 0.2) is 0 Å². The summed E-state index contributed by atoms with van der Waals surface area (Å²) in [5, 5.41) is 10.4. The van der Waals surface area contributed by atoms with E-state index in [-0.39, 0.29) is 6.10 Å². The number of piperidine rings is 1. The Morgan fingerprint density at radius 2 is 1.91 bits per heavy atom. The highest BCUT2D eigenvalue weighted by Crippen LogP contribution is 2.35. The highest BCUT2D eigenvalue weighted by molar-refractivity contribution is 4.81. The number of hydrogen-bond donors (Lipinski definition) is 2. The second kappa shape index (κ2) is 8.65. The first-order valence-electron chi connectivity index (χ1n) is 9.59. The van der Waals surface area contributed by atoms with Gasteiger partial charge in [-0.05, 0) is 43.4 Å². The number of hydrogen-bond acceptors (Lipinski definition) is 2. The summed E-state index contributed by atoms with van der Waals surface area (Å²) in [6.07, 6.45) is 6.50. The molecule has 2 aliphatic rings. The van der Waals surface area contributed by atoms with Gasteiger partial charge in [0.1, 0.15) is 12.6 Å². The van der Waals surface area contributed by atoms with E-state index >= 15 is 0 Å². The van der Waals surface area contributed by atoms with Gasteiger partial charge in [0.2, 0.25) is 0 Å². The van der Waals surface area contributed by atoms with Crippen molar-refractivity contribution in [3.63, 3.8) is 0 Å². The topological polar surface area (TPSA) is 33.9 Å². The van der Waals surface area contributed by atoms with Crippen LogP contribution in [0.3, 0.4) is 0 Å². The maximum atomic E-state index is 10.4. The molecule has 3 heteroatoms. The molecule has 1 unspecified atom stereocenters. The first-order valence-corrected chi connectivity index (χ1v) is 9.59. The van der Waals surface area contributed by atoms with Gasteiger partial charge in [-0.25, -0.2) is 0 Å². The fourth-order valence-electron chi connectivity index (χ4n) is 4.52. The average Bonchev–Trinajstić information content (AvgIpc) is 2.45. The highest BCUT2D eigenvalue weighted by atomic mass is 16.5. The van der Waals surface area contributed by atoms with Crippen molar-refractivity contribution in [2.45, 2.75) is 72.0 Å². The molecule has 0 aromatic rings. The third-order valence-electron chi connectivity index (χ3n) is 5.85. The van der Waals surface area contributed by atoms with Crippen molar-refractivity contribution in [2.75, 3.05) is 26.2 Å². The number of likely N-dealkylation sites (tertiary alicyclic amines) is 1. The van der Waals surface area contributed by atoms with Crippen molar-refractivity contribution >= 4 is 0 Å². The van der Waals surface area contributed by atoms with E-state index < -0.39 is 0 Å².